The Bertz CT molecular complexity index is 438. The monoisotopic (exact) mass is 238 g/mol. The second kappa shape index (κ2) is 3.77. The summed E-state index contributed by atoms with van der Waals surface area (Å²) in [6.45, 7) is 4.23. The Balaban J connectivity index is 2.25. The summed E-state index contributed by atoms with van der Waals surface area (Å²) in [5, 5.41) is 0.536. The van der Waals surface area contributed by atoms with E-state index in [2.05, 4.69) is 13.8 Å². The third-order valence-electron chi connectivity index (χ3n) is 3.27. The minimum atomic E-state index is 0.151. The van der Waals surface area contributed by atoms with Gasteiger partial charge < -0.3 is 4.74 Å². The zero-order valence-electron chi connectivity index (χ0n) is 9.71. The van der Waals surface area contributed by atoms with Crippen molar-refractivity contribution in [2.75, 3.05) is 7.11 Å². The van der Waals surface area contributed by atoms with Crippen molar-refractivity contribution in [3.05, 3.63) is 28.8 Å². The average Bonchev–Trinajstić information content (AvgIpc) is 2.87. The van der Waals surface area contributed by atoms with E-state index in [9.17, 15) is 4.79 Å². The third kappa shape index (κ3) is 1.94. The highest BCUT2D eigenvalue weighted by atomic mass is 35.5. The number of hydrogen-bond acceptors (Lipinski definition) is 2. The van der Waals surface area contributed by atoms with Gasteiger partial charge in [0.15, 0.2) is 5.78 Å². The van der Waals surface area contributed by atoms with Gasteiger partial charge in [-0.3, -0.25) is 4.79 Å². The van der Waals surface area contributed by atoms with Gasteiger partial charge in [0, 0.05) is 11.5 Å². The number of hydrogen-bond donors (Lipinski definition) is 0. The lowest BCUT2D eigenvalue weighted by Gasteiger charge is -2.06. The molecule has 0 amide bonds. The Morgan fingerprint density at radius 1 is 1.50 bits per heavy atom. The molecule has 0 N–H and O–H groups in total. The standard InChI is InChI=1S/C13H15ClO2/c1-13(2)7-9(13)12(15)8-4-5-10(14)11(6-8)16-3/h4-6,9H,7H2,1-3H3. The summed E-state index contributed by atoms with van der Waals surface area (Å²) in [6.07, 6.45) is 0.969. The second-order valence-corrected chi connectivity index (χ2v) is 5.37. The number of rotatable bonds is 3. The Kier molecular flexibility index (Phi) is 2.70. The lowest BCUT2D eigenvalue weighted by Crippen LogP contribution is -2.06. The van der Waals surface area contributed by atoms with Crippen molar-refractivity contribution in [3.63, 3.8) is 0 Å². The van der Waals surface area contributed by atoms with Crippen molar-refractivity contribution >= 4 is 17.4 Å². The smallest absolute Gasteiger partial charge is 0.166 e. The van der Waals surface area contributed by atoms with Crippen LogP contribution < -0.4 is 4.74 Å². The van der Waals surface area contributed by atoms with Crippen molar-refractivity contribution < 1.29 is 9.53 Å². The van der Waals surface area contributed by atoms with Crippen molar-refractivity contribution in [2.45, 2.75) is 20.3 Å². The molecule has 86 valence electrons. The van der Waals surface area contributed by atoms with E-state index in [1.54, 1.807) is 25.3 Å². The van der Waals surface area contributed by atoms with Crippen LogP contribution in [0, 0.1) is 11.3 Å². The molecule has 1 fully saturated rings. The van der Waals surface area contributed by atoms with Gasteiger partial charge in [0.05, 0.1) is 12.1 Å². The van der Waals surface area contributed by atoms with E-state index < -0.39 is 0 Å². The Morgan fingerprint density at radius 2 is 2.12 bits per heavy atom. The van der Waals surface area contributed by atoms with E-state index in [1.807, 2.05) is 0 Å². The van der Waals surface area contributed by atoms with Crippen LogP contribution in [-0.2, 0) is 0 Å². The van der Waals surface area contributed by atoms with Crippen molar-refractivity contribution in [3.8, 4) is 5.75 Å². The fourth-order valence-electron chi connectivity index (χ4n) is 1.93. The fraction of sp³-hybridized carbons (Fsp3) is 0.462. The molecular formula is C13H15ClO2. The first-order chi connectivity index (χ1) is 7.45. The molecule has 1 atom stereocenters. The molecule has 0 aliphatic heterocycles. The van der Waals surface area contributed by atoms with E-state index in [0.29, 0.717) is 16.3 Å². The van der Waals surface area contributed by atoms with Gasteiger partial charge in [-0.25, -0.2) is 0 Å². The van der Waals surface area contributed by atoms with Crippen LogP contribution in [0.4, 0.5) is 0 Å². The minimum absolute atomic E-state index is 0.151. The number of Topliss-reactive ketones (excluding diaryl/α,β-unsaturated/α-hetero) is 1. The molecule has 0 bridgehead atoms. The predicted molar refractivity (Wildman–Crippen MR) is 64.2 cm³/mol. The largest absolute Gasteiger partial charge is 0.495 e. The summed E-state index contributed by atoms with van der Waals surface area (Å²) in [4.78, 5) is 12.1. The van der Waals surface area contributed by atoms with Crippen LogP contribution in [0.15, 0.2) is 18.2 Å². The predicted octanol–water partition coefficient (Wildman–Crippen LogP) is 3.58. The summed E-state index contributed by atoms with van der Waals surface area (Å²) in [6, 6.07) is 5.20. The summed E-state index contributed by atoms with van der Waals surface area (Å²) in [7, 11) is 1.55. The SMILES string of the molecule is COc1cc(C(=O)C2CC2(C)C)ccc1Cl. The molecule has 2 rings (SSSR count). The molecule has 1 saturated carbocycles. The van der Waals surface area contributed by atoms with Crippen LogP contribution in [0.3, 0.4) is 0 Å². The maximum Gasteiger partial charge on any atom is 0.166 e. The van der Waals surface area contributed by atoms with Crippen molar-refractivity contribution in [1.29, 1.82) is 0 Å². The van der Waals surface area contributed by atoms with Crippen molar-refractivity contribution in [2.24, 2.45) is 11.3 Å². The summed E-state index contributed by atoms with van der Waals surface area (Å²) >= 11 is 5.92. The number of halogens is 1. The first-order valence-electron chi connectivity index (χ1n) is 5.33. The van der Waals surface area contributed by atoms with Gasteiger partial charge in [0.25, 0.3) is 0 Å². The molecule has 1 aliphatic rings. The van der Waals surface area contributed by atoms with Crippen LogP contribution in [0.25, 0.3) is 0 Å². The molecular weight excluding hydrogens is 224 g/mol. The summed E-state index contributed by atoms with van der Waals surface area (Å²) in [5.41, 5.74) is 0.848. The molecule has 1 aromatic carbocycles. The minimum Gasteiger partial charge on any atom is -0.495 e. The zero-order valence-corrected chi connectivity index (χ0v) is 10.5. The number of methoxy groups -OCH3 is 1. The molecule has 1 unspecified atom stereocenters. The highest BCUT2D eigenvalue weighted by Gasteiger charge is 2.50. The molecule has 16 heavy (non-hydrogen) atoms. The lowest BCUT2D eigenvalue weighted by molar-refractivity contribution is 0.0953. The quantitative estimate of drug-likeness (QED) is 0.753. The lowest BCUT2D eigenvalue weighted by atomic mass is 10.0. The van der Waals surface area contributed by atoms with Gasteiger partial charge in [-0.15, -0.1) is 0 Å². The van der Waals surface area contributed by atoms with Gasteiger partial charge in [-0.1, -0.05) is 25.4 Å². The second-order valence-electron chi connectivity index (χ2n) is 4.96. The number of carbonyl (C=O) groups is 1. The Morgan fingerprint density at radius 3 is 2.62 bits per heavy atom. The Labute approximate surface area is 101 Å². The molecule has 1 aliphatic carbocycles. The van der Waals surface area contributed by atoms with Gasteiger partial charge in [-0.05, 0) is 30.0 Å². The summed E-state index contributed by atoms with van der Waals surface area (Å²) in [5.74, 6) is 0.907. The van der Waals surface area contributed by atoms with Crippen LogP contribution in [0.2, 0.25) is 5.02 Å². The average molecular weight is 239 g/mol. The molecule has 1 aromatic rings. The first kappa shape index (κ1) is 11.5. The van der Waals surface area contributed by atoms with Gasteiger partial charge in [0.1, 0.15) is 5.75 Å². The van der Waals surface area contributed by atoms with E-state index in [1.165, 1.54) is 0 Å². The summed E-state index contributed by atoms with van der Waals surface area (Å²) < 4.78 is 5.10. The maximum atomic E-state index is 12.1. The fourth-order valence-corrected chi connectivity index (χ4v) is 2.12. The third-order valence-corrected chi connectivity index (χ3v) is 3.58. The zero-order chi connectivity index (χ0) is 11.9. The molecule has 0 heterocycles. The van der Waals surface area contributed by atoms with E-state index in [4.69, 9.17) is 16.3 Å². The topological polar surface area (TPSA) is 26.3 Å². The van der Waals surface area contributed by atoms with E-state index in [-0.39, 0.29) is 17.1 Å². The van der Waals surface area contributed by atoms with Gasteiger partial charge in [0.2, 0.25) is 0 Å². The molecule has 3 heteroatoms. The molecule has 0 spiro atoms. The number of carbonyl (C=O) groups excluding carboxylic acids is 1. The Hall–Kier alpha value is -1.02. The van der Waals surface area contributed by atoms with Crippen LogP contribution in [0.5, 0.6) is 5.75 Å². The normalized spacial score (nSPS) is 21.6. The van der Waals surface area contributed by atoms with Crippen molar-refractivity contribution in [1.82, 2.24) is 0 Å². The van der Waals surface area contributed by atoms with E-state index >= 15 is 0 Å². The first-order valence-corrected chi connectivity index (χ1v) is 5.71. The number of benzene rings is 1. The van der Waals surface area contributed by atoms with E-state index in [0.717, 1.165) is 6.42 Å². The maximum absolute atomic E-state index is 12.1. The molecule has 0 saturated heterocycles. The van der Waals surface area contributed by atoms with Gasteiger partial charge in [-0.2, -0.15) is 0 Å². The highest BCUT2D eigenvalue weighted by molar-refractivity contribution is 6.32. The number of ether oxygens (including phenoxy) is 1. The molecule has 2 nitrogen and oxygen atoms in total. The van der Waals surface area contributed by atoms with Crippen LogP contribution in [0.1, 0.15) is 30.6 Å². The van der Waals surface area contributed by atoms with Crippen LogP contribution in [-0.4, -0.2) is 12.9 Å². The number of ketones is 1. The van der Waals surface area contributed by atoms with Gasteiger partial charge >= 0.3 is 0 Å². The van der Waals surface area contributed by atoms with Crippen LogP contribution >= 0.6 is 11.6 Å². The highest BCUT2D eigenvalue weighted by Crippen LogP contribution is 2.53. The molecule has 0 aromatic heterocycles. The molecule has 0 radical (unpaired) electrons.